The molecule has 0 atom stereocenters. The van der Waals surface area contributed by atoms with Crippen LogP contribution in [0.25, 0.3) is 0 Å². The average Bonchev–Trinajstić information content (AvgIpc) is 2.28. The molecule has 0 amide bonds. The highest BCUT2D eigenvalue weighted by atomic mass is 79.9. The zero-order chi connectivity index (χ0) is 12.0. The minimum Gasteiger partial charge on any atom is -0.299 e. The molecule has 0 bridgehead atoms. The van der Waals surface area contributed by atoms with Gasteiger partial charge >= 0.3 is 0 Å². The molecule has 1 aromatic carbocycles. The number of halogens is 3. The summed E-state index contributed by atoms with van der Waals surface area (Å²) in [5, 5.41) is 0.906. The first-order valence-electron chi connectivity index (χ1n) is 5.40. The molecule has 16 heavy (non-hydrogen) atoms. The van der Waals surface area contributed by atoms with Crippen molar-refractivity contribution in [3.05, 3.63) is 35.4 Å². The van der Waals surface area contributed by atoms with Crippen LogP contribution < -0.4 is 0 Å². The molecule has 0 fully saturated rings. The summed E-state index contributed by atoms with van der Waals surface area (Å²) in [7, 11) is 0. The highest BCUT2D eigenvalue weighted by Gasteiger charge is 2.11. The Balaban J connectivity index is 2.69. The van der Waals surface area contributed by atoms with Gasteiger partial charge in [-0.15, -0.1) is 0 Å². The Bertz CT molecular complexity index is 311. The van der Waals surface area contributed by atoms with Gasteiger partial charge in [-0.25, -0.2) is 8.78 Å². The van der Waals surface area contributed by atoms with Gasteiger partial charge in [0.25, 0.3) is 0 Å². The molecule has 0 heterocycles. The van der Waals surface area contributed by atoms with Crippen LogP contribution in [0.2, 0.25) is 0 Å². The molecule has 0 aromatic heterocycles. The van der Waals surface area contributed by atoms with E-state index in [1.165, 1.54) is 18.2 Å². The van der Waals surface area contributed by atoms with Gasteiger partial charge in [-0.3, -0.25) is 4.90 Å². The van der Waals surface area contributed by atoms with Crippen molar-refractivity contribution in [1.82, 2.24) is 4.90 Å². The minimum absolute atomic E-state index is 0.166. The number of hydrogen-bond donors (Lipinski definition) is 0. The van der Waals surface area contributed by atoms with Crippen molar-refractivity contribution in [1.29, 1.82) is 0 Å². The Morgan fingerprint density at radius 1 is 1.25 bits per heavy atom. The van der Waals surface area contributed by atoms with Crippen LogP contribution in [0.1, 0.15) is 18.9 Å². The maximum Gasteiger partial charge on any atom is 0.130 e. The number of benzene rings is 1. The van der Waals surface area contributed by atoms with Crippen molar-refractivity contribution in [2.75, 3.05) is 18.4 Å². The molecule has 0 saturated carbocycles. The maximum atomic E-state index is 13.4. The highest BCUT2D eigenvalue weighted by Crippen LogP contribution is 2.14. The second kappa shape index (κ2) is 6.97. The molecule has 1 rings (SSSR count). The van der Waals surface area contributed by atoms with Crippen LogP contribution in [0.15, 0.2) is 18.2 Å². The van der Waals surface area contributed by atoms with E-state index in [0.29, 0.717) is 6.54 Å². The van der Waals surface area contributed by atoms with Crippen LogP contribution >= 0.6 is 15.9 Å². The van der Waals surface area contributed by atoms with E-state index in [1.54, 1.807) is 0 Å². The first-order chi connectivity index (χ1) is 7.69. The van der Waals surface area contributed by atoms with Gasteiger partial charge in [0.1, 0.15) is 11.6 Å². The first-order valence-corrected chi connectivity index (χ1v) is 6.52. The molecule has 0 spiro atoms. The van der Waals surface area contributed by atoms with E-state index < -0.39 is 11.6 Å². The molecule has 0 aliphatic rings. The summed E-state index contributed by atoms with van der Waals surface area (Å²) in [6, 6.07) is 4.00. The molecular weight excluding hydrogens is 276 g/mol. The molecule has 1 aromatic rings. The quantitative estimate of drug-likeness (QED) is 0.724. The molecule has 0 aliphatic heterocycles. The van der Waals surface area contributed by atoms with Gasteiger partial charge in [0, 0.05) is 17.4 Å². The molecular formula is C12H16BrF2N. The van der Waals surface area contributed by atoms with E-state index in [0.717, 1.165) is 24.8 Å². The fourth-order valence-electron chi connectivity index (χ4n) is 1.54. The van der Waals surface area contributed by atoms with E-state index in [9.17, 15) is 8.78 Å². The summed E-state index contributed by atoms with van der Waals surface area (Å²) in [5.74, 6) is -0.922. The van der Waals surface area contributed by atoms with Crippen LogP contribution in [0.3, 0.4) is 0 Å². The van der Waals surface area contributed by atoms with Gasteiger partial charge in [0.05, 0.1) is 0 Å². The zero-order valence-electron chi connectivity index (χ0n) is 9.35. The lowest BCUT2D eigenvalue weighted by Crippen LogP contribution is -2.25. The molecule has 1 nitrogen and oxygen atoms in total. The van der Waals surface area contributed by atoms with E-state index in [4.69, 9.17) is 0 Å². The number of rotatable bonds is 6. The largest absolute Gasteiger partial charge is 0.299 e. The first kappa shape index (κ1) is 13.6. The van der Waals surface area contributed by atoms with Crippen molar-refractivity contribution in [3.8, 4) is 0 Å². The van der Waals surface area contributed by atoms with E-state index in [1.807, 2.05) is 11.8 Å². The second-order valence-corrected chi connectivity index (χ2v) is 4.40. The molecule has 0 radical (unpaired) electrons. The third-order valence-corrected chi connectivity index (χ3v) is 3.06. The summed E-state index contributed by atoms with van der Waals surface area (Å²) in [4.78, 5) is 2.03. The fraction of sp³-hybridized carbons (Fsp3) is 0.500. The maximum absolute atomic E-state index is 13.4. The Hall–Kier alpha value is -0.480. The number of alkyl halides is 1. The van der Waals surface area contributed by atoms with Gasteiger partial charge in [-0.05, 0) is 31.6 Å². The predicted molar refractivity (Wildman–Crippen MR) is 65.7 cm³/mol. The predicted octanol–water partition coefficient (Wildman–Crippen LogP) is 3.57. The monoisotopic (exact) mass is 291 g/mol. The van der Waals surface area contributed by atoms with Gasteiger partial charge in [-0.1, -0.05) is 28.9 Å². The van der Waals surface area contributed by atoms with Crippen molar-refractivity contribution in [3.63, 3.8) is 0 Å². The summed E-state index contributed by atoms with van der Waals surface area (Å²) >= 11 is 3.35. The summed E-state index contributed by atoms with van der Waals surface area (Å²) < 4.78 is 26.8. The highest BCUT2D eigenvalue weighted by molar-refractivity contribution is 9.09. The Morgan fingerprint density at radius 3 is 2.38 bits per heavy atom. The van der Waals surface area contributed by atoms with Crippen LogP contribution in [0.4, 0.5) is 8.78 Å². The number of hydrogen-bond acceptors (Lipinski definition) is 1. The lowest BCUT2D eigenvalue weighted by molar-refractivity contribution is 0.273. The van der Waals surface area contributed by atoms with Crippen LogP contribution in [0.5, 0.6) is 0 Å². The third kappa shape index (κ3) is 3.83. The third-order valence-electron chi connectivity index (χ3n) is 2.50. The van der Waals surface area contributed by atoms with Crippen molar-refractivity contribution in [2.45, 2.75) is 19.9 Å². The molecule has 0 saturated heterocycles. The van der Waals surface area contributed by atoms with Crippen LogP contribution in [-0.4, -0.2) is 23.3 Å². The summed E-state index contributed by atoms with van der Waals surface area (Å²) in [6.07, 6.45) is 0.976. The minimum atomic E-state index is -0.461. The Kier molecular flexibility index (Phi) is 5.91. The standard InChI is InChI=1S/C12H16BrF2N/c1-2-16(8-4-7-13)9-10-11(14)5-3-6-12(10)15/h3,5-6H,2,4,7-9H2,1H3. The SMILES string of the molecule is CCN(CCCBr)Cc1c(F)cccc1F. The summed E-state index contributed by atoms with van der Waals surface area (Å²) in [5.41, 5.74) is 0.166. The normalized spacial score (nSPS) is 11.1. The van der Waals surface area contributed by atoms with Crippen molar-refractivity contribution < 1.29 is 8.78 Å². The lowest BCUT2D eigenvalue weighted by atomic mass is 10.2. The molecule has 4 heteroatoms. The van der Waals surface area contributed by atoms with Crippen molar-refractivity contribution in [2.24, 2.45) is 0 Å². The Morgan fingerprint density at radius 2 is 1.88 bits per heavy atom. The van der Waals surface area contributed by atoms with Crippen LogP contribution in [-0.2, 0) is 6.54 Å². The van der Waals surface area contributed by atoms with Gasteiger partial charge in [0.15, 0.2) is 0 Å². The molecule has 0 unspecified atom stereocenters. The van der Waals surface area contributed by atoms with Crippen LogP contribution in [0, 0.1) is 11.6 Å². The van der Waals surface area contributed by atoms with E-state index in [2.05, 4.69) is 15.9 Å². The molecule has 0 aliphatic carbocycles. The average molecular weight is 292 g/mol. The molecule has 0 N–H and O–H groups in total. The zero-order valence-corrected chi connectivity index (χ0v) is 10.9. The van der Waals surface area contributed by atoms with Gasteiger partial charge in [-0.2, -0.15) is 0 Å². The van der Waals surface area contributed by atoms with Crippen molar-refractivity contribution >= 4 is 15.9 Å². The Labute approximate surface area is 104 Å². The fourth-order valence-corrected chi connectivity index (χ4v) is 1.79. The lowest BCUT2D eigenvalue weighted by Gasteiger charge is -2.20. The molecule has 90 valence electrons. The number of nitrogens with zero attached hydrogens (tertiary/aromatic N) is 1. The second-order valence-electron chi connectivity index (χ2n) is 3.61. The summed E-state index contributed by atoms with van der Waals surface area (Å²) in [6.45, 7) is 3.96. The van der Waals surface area contributed by atoms with E-state index in [-0.39, 0.29) is 5.56 Å². The topological polar surface area (TPSA) is 3.24 Å². The van der Waals surface area contributed by atoms with Gasteiger partial charge < -0.3 is 0 Å². The van der Waals surface area contributed by atoms with E-state index >= 15 is 0 Å². The van der Waals surface area contributed by atoms with Gasteiger partial charge in [0.2, 0.25) is 0 Å². The smallest absolute Gasteiger partial charge is 0.130 e.